The SMILES string of the molecule is NNC(CCC(F)(F)F)c1ccc(Cl)s1. The molecule has 1 heterocycles. The van der Waals surface area contributed by atoms with E-state index in [-0.39, 0.29) is 6.42 Å². The molecule has 0 aromatic carbocycles. The van der Waals surface area contributed by atoms with Crippen molar-refractivity contribution in [3.63, 3.8) is 0 Å². The van der Waals surface area contributed by atoms with Crippen molar-refractivity contribution >= 4 is 22.9 Å². The highest BCUT2D eigenvalue weighted by Gasteiger charge is 2.28. The van der Waals surface area contributed by atoms with Crippen LogP contribution < -0.4 is 11.3 Å². The van der Waals surface area contributed by atoms with Crippen molar-refractivity contribution in [3.8, 4) is 0 Å². The van der Waals surface area contributed by atoms with Gasteiger partial charge in [0.2, 0.25) is 0 Å². The molecule has 15 heavy (non-hydrogen) atoms. The molecule has 1 aromatic rings. The second-order valence-corrected chi connectivity index (χ2v) is 4.76. The molecule has 0 aliphatic rings. The van der Waals surface area contributed by atoms with Crippen LogP contribution in [0.15, 0.2) is 12.1 Å². The van der Waals surface area contributed by atoms with Crippen LogP contribution >= 0.6 is 22.9 Å². The second-order valence-electron chi connectivity index (χ2n) is 3.01. The van der Waals surface area contributed by atoms with E-state index in [9.17, 15) is 13.2 Å². The van der Waals surface area contributed by atoms with Gasteiger partial charge in [-0.2, -0.15) is 13.2 Å². The fraction of sp³-hybridized carbons (Fsp3) is 0.500. The molecule has 0 amide bonds. The number of rotatable bonds is 4. The van der Waals surface area contributed by atoms with E-state index in [0.29, 0.717) is 9.21 Å². The van der Waals surface area contributed by atoms with Crippen molar-refractivity contribution in [2.45, 2.75) is 25.1 Å². The highest BCUT2D eigenvalue weighted by atomic mass is 35.5. The molecule has 0 radical (unpaired) electrons. The topological polar surface area (TPSA) is 38.0 Å². The Bertz CT molecular complexity index is 313. The Hall–Kier alpha value is -0.300. The minimum Gasteiger partial charge on any atom is -0.271 e. The van der Waals surface area contributed by atoms with E-state index in [1.54, 1.807) is 12.1 Å². The minimum absolute atomic E-state index is 0.0865. The van der Waals surface area contributed by atoms with E-state index in [1.165, 1.54) is 11.3 Å². The summed E-state index contributed by atoms with van der Waals surface area (Å²) in [5, 5.41) is 0. The van der Waals surface area contributed by atoms with E-state index in [4.69, 9.17) is 17.4 Å². The Balaban J connectivity index is 2.57. The number of hydrogen-bond donors (Lipinski definition) is 2. The average molecular weight is 259 g/mol. The first kappa shape index (κ1) is 12.8. The van der Waals surface area contributed by atoms with E-state index in [0.717, 1.165) is 0 Å². The summed E-state index contributed by atoms with van der Waals surface area (Å²) in [4.78, 5) is 0.715. The maximum absolute atomic E-state index is 12.0. The van der Waals surface area contributed by atoms with Gasteiger partial charge in [0.05, 0.1) is 10.4 Å². The third kappa shape index (κ3) is 4.38. The highest BCUT2D eigenvalue weighted by Crippen LogP contribution is 2.32. The van der Waals surface area contributed by atoms with Crippen LogP contribution in [-0.2, 0) is 0 Å². The minimum atomic E-state index is -4.16. The summed E-state index contributed by atoms with van der Waals surface area (Å²) in [5.74, 6) is 5.19. The second kappa shape index (κ2) is 5.16. The van der Waals surface area contributed by atoms with Crippen LogP contribution in [0, 0.1) is 0 Å². The zero-order chi connectivity index (χ0) is 11.5. The molecule has 0 saturated heterocycles. The zero-order valence-corrected chi connectivity index (χ0v) is 9.22. The number of nitrogens with two attached hydrogens (primary N) is 1. The van der Waals surface area contributed by atoms with Crippen molar-refractivity contribution in [2.24, 2.45) is 5.84 Å². The smallest absolute Gasteiger partial charge is 0.271 e. The molecule has 0 saturated carbocycles. The van der Waals surface area contributed by atoms with Gasteiger partial charge >= 0.3 is 6.18 Å². The van der Waals surface area contributed by atoms with Crippen LogP contribution in [0.1, 0.15) is 23.8 Å². The van der Waals surface area contributed by atoms with Gasteiger partial charge in [0.15, 0.2) is 0 Å². The lowest BCUT2D eigenvalue weighted by atomic mass is 10.1. The molecule has 1 unspecified atom stereocenters. The largest absolute Gasteiger partial charge is 0.389 e. The molecule has 3 N–H and O–H groups in total. The summed E-state index contributed by atoms with van der Waals surface area (Å²) in [6.45, 7) is 0. The quantitative estimate of drug-likeness (QED) is 0.643. The van der Waals surface area contributed by atoms with E-state index in [2.05, 4.69) is 5.43 Å². The van der Waals surface area contributed by atoms with Crippen molar-refractivity contribution in [2.75, 3.05) is 0 Å². The Labute approximate surface area is 94.2 Å². The van der Waals surface area contributed by atoms with Crippen molar-refractivity contribution in [3.05, 3.63) is 21.3 Å². The van der Waals surface area contributed by atoms with Crippen molar-refractivity contribution < 1.29 is 13.2 Å². The van der Waals surface area contributed by atoms with Crippen molar-refractivity contribution in [1.82, 2.24) is 5.43 Å². The zero-order valence-electron chi connectivity index (χ0n) is 7.64. The number of alkyl halides is 3. The van der Waals surface area contributed by atoms with Gasteiger partial charge in [0.1, 0.15) is 0 Å². The van der Waals surface area contributed by atoms with E-state index in [1.807, 2.05) is 0 Å². The van der Waals surface area contributed by atoms with Gasteiger partial charge < -0.3 is 0 Å². The third-order valence-corrected chi connectivity index (χ3v) is 3.20. The Kier molecular flexibility index (Phi) is 4.39. The lowest BCUT2D eigenvalue weighted by Gasteiger charge is -2.15. The standard InChI is InChI=1S/C8H10ClF3N2S/c9-7-2-1-6(15-7)5(14-13)3-4-8(10,11)12/h1-2,5,14H,3-4,13H2. The van der Waals surface area contributed by atoms with Crippen molar-refractivity contribution in [1.29, 1.82) is 0 Å². The normalized spacial score (nSPS) is 14.2. The molecule has 1 rings (SSSR count). The fourth-order valence-corrected chi connectivity index (χ4v) is 2.29. The lowest BCUT2D eigenvalue weighted by Crippen LogP contribution is -2.28. The number of nitrogens with one attached hydrogen (secondary N) is 1. The molecule has 7 heteroatoms. The number of hydrogen-bond acceptors (Lipinski definition) is 3. The number of halogens is 4. The summed E-state index contributed by atoms with van der Waals surface area (Å²) in [6, 6.07) is 2.82. The first-order valence-electron chi connectivity index (χ1n) is 4.20. The van der Waals surface area contributed by atoms with Crippen LogP contribution in [-0.4, -0.2) is 6.18 Å². The first-order valence-corrected chi connectivity index (χ1v) is 5.40. The maximum Gasteiger partial charge on any atom is 0.389 e. The molecule has 0 aliphatic carbocycles. The molecular formula is C8H10ClF3N2S. The van der Waals surface area contributed by atoms with E-state index < -0.39 is 18.6 Å². The molecule has 2 nitrogen and oxygen atoms in total. The summed E-state index contributed by atoms with van der Waals surface area (Å²) >= 11 is 6.91. The van der Waals surface area contributed by atoms with Crippen LogP contribution in [0.3, 0.4) is 0 Å². The Morgan fingerprint density at radius 1 is 1.47 bits per heavy atom. The molecule has 86 valence electrons. The maximum atomic E-state index is 12.0. The van der Waals surface area contributed by atoms with Gasteiger partial charge in [-0.15, -0.1) is 11.3 Å². The van der Waals surface area contributed by atoms with Gasteiger partial charge in [-0.25, -0.2) is 0 Å². The molecule has 0 bridgehead atoms. The number of hydrazine groups is 1. The molecule has 1 atom stereocenters. The summed E-state index contributed by atoms with van der Waals surface area (Å²) in [6.07, 6.45) is -5.11. The predicted octanol–water partition coefficient (Wildman–Crippen LogP) is 3.25. The average Bonchev–Trinajstić information content (AvgIpc) is 2.51. The van der Waals surface area contributed by atoms with Crippen LogP contribution in [0.4, 0.5) is 13.2 Å². The monoisotopic (exact) mass is 258 g/mol. The summed E-state index contributed by atoms with van der Waals surface area (Å²) < 4.78 is 36.5. The van der Waals surface area contributed by atoms with Gasteiger partial charge in [-0.1, -0.05) is 11.6 Å². The lowest BCUT2D eigenvalue weighted by molar-refractivity contribution is -0.136. The molecule has 0 aliphatic heterocycles. The first-order chi connectivity index (χ1) is 6.92. The predicted molar refractivity (Wildman–Crippen MR) is 54.7 cm³/mol. The summed E-state index contributed by atoms with van der Waals surface area (Å²) in [5.41, 5.74) is 2.36. The fourth-order valence-electron chi connectivity index (χ4n) is 1.13. The van der Waals surface area contributed by atoms with Gasteiger partial charge in [0.25, 0.3) is 0 Å². The van der Waals surface area contributed by atoms with Crippen LogP contribution in [0.5, 0.6) is 0 Å². The Morgan fingerprint density at radius 2 is 2.13 bits per heavy atom. The molecule has 0 spiro atoms. The molecule has 0 fully saturated rings. The third-order valence-electron chi connectivity index (χ3n) is 1.86. The Morgan fingerprint density at radius 3 is 2.53 bits per heavy atom. The van der Waals surface area contributed by atoms with Crippen LogP contribution in [0.2, 0.25) is 4.34 Å². The van der Waals surface area contributed by atoms with E-state index >= 15 is 0 Å². The summed E-state index contributed by atoms with van der Waals surface area (Å²) in [7, 11) is 0. The molecular weight excluding hydrogens is 249 g/mol. The highest BCUT2D eigenvalue weighted by molar-refractivity contribution is 7.16. The van der Waals surface area contributed by atoms with Gasteiger partial charge in [-0.3, -0.25) is 11.3 Å². The number of thiophene rings is 1. The van der Waals surface area contributed by atoms with Gasteiger partial charge in [0, 0.05) is 11.3 Å². The van der Waals surface area contributed by atoms with Crippen LogP contribution in [0.25, 0.3) is 0 Å². The molecule has 1 aromatic heterocycles. The van der Waals surface area contributed by atoms with Gasteiger partial charge in [-0.05, 0) is 18.6 Å².